The number of fused-ring (bicyclic) bond motifs is 3. The lowest BCUT2D eigenvalue weighted by atomic mass is 9.51. The summed E-state index contributed by atoms with van der Waals surface area (Å²) in [5.41, 5.74) is 3.49. The number of carbonyl (C=O) groups is 2. The molecule has 51 heavy (non-hydrogen) atoms. The van der Waals surface area contributed by atoms with Gasteiger partial charge in [0.05, 0.1) is 18.6 Å². The van der Waals surface area contributed by atoms with Gasteiger partial charge in [-0.05, 0) is 119 Å². The Bertz CT molecular complexity index is 1650. The van der Waals surface area contributed by atoms with Gasteiger partial charge >= 0.3 is 6.09 Å². The molecule has 1 atom stereocenters. The molecule has 2 bridgehead atoms. The third-order valence-electron chi connectivity index (χ3n) is 11.9. The summed E-state index contributed by atoms with van der Waals surface area (Å²) in [4.78, 5) is 38.1. The molecule has 7 rings (SSSR count). The maximum Gasteiger partial charge on any atom is 0.407 e. The average Bonchev–Trinajstić information content (AvgIpc) is 3.64. The van der Waals surface area contributed by atoms with Crippen LogP contribution in [0.25, 0.3) is 11.3 Å². The number of amides is 2. The third kappa shape index (κ3) is 8.59. The Balaban J connectivity index is 1.16. The number of nitrogens with zero attached hydrogens (tertiary/aromatic N) is 3. The molecule has 2 amide bonds. The van der Waals surface area contributed by atoms with Crippen molar-refractivity contribution in [3.63, 3.8) is 0 Å². The molecule has 4 saturated carbocycles. The molecular formula is C41H56N4O6. The van der Waals surface area contributed by atoms with Crippen LogP contribution in [0.4, 0.5) is 10.6 Å². The molecule has 0 radical (unpaired) electrons. The Morgan fingerprint density at radius 1 is 1.08 bits per heavy atom. The van der Waals surface area contributed by atoms with Crippen molar-refractivity contribution >= 4 is 17.8 Å². The highest BCUT2D eigenvalue weighted by molar-refractivity contribution is 5.94. The Morgan fingerprint density at radius 3 is 2.47 bits per heavy atom. The van der Waals surface area contributed by atoms with E-state index in [1.807, 2.05) is 24.0 Å². The van der Waals surface area contributed by atoms with Crippen molar-refractivity contribution in [2.45, 2.75) is 122 Å². The number of aliphatic hydroxyl groups is 1. The van der Waals surface area contributed by atoms with Gasteiger partial charge in [0.1, 0.15) is 30.1 Å². The lowest BCUT2D eigenvalue weighted by Gasteiger charge is -2.55. The van der Waals surface area contributed by atoms with Crippen LogP contribution in [0.5, 0.6) is 5.75 Å². The molecule has 1 aromatic carbocycles. The van der Waals surface area contributed by atoms with Gasteiger partial charge in [-0.3, -0.25) is 9.69 Å². The van der Waals surface area contributed by atoms with Crippen LogP contribution in [-0.4, -0.2) is 59.5 Å². The molecule has 4 aliphatic rings. The van der Waals surface area contributed by atoms with Crippen LogP contribution >= 0.6 is 0 Å². The van der Waals surface area contributed by atoms with Crippen molar-refractivity contribution in [1.82, 2.24) is 15.3 Å². The first-order valence-corrected chi connectivity index (χ1v) is 18.9. The summed E-state index contributed by atoms with van der Waals surface area (Å²) in [6, 6.07) is 10.6. The van der Waals surface area contributed by atoms with Gasteiger partial charge in [-0.25, -0.2) is 14.8 Å². The van der Waals surface area contributed by atoms with Crippen LogP contribution in [-0.2, 0) is 14.9 Å². The van der Waals surface area contributed by atoms with E-state index in [2.05, 4.69) is 30.4 Å². The zero-order valence-electron chi connectivity index (χ0n) is 31.1. The second-order valence-corrected chi connectivity index (χ2v) is 16.2. The number of oxazole rings is 1. The predicted molar refractivity (Wildman–Crippen MR) is 197 cm³/mol. The van der Waals surface area contributed by atoms with Gasteiger partial charge in [0.25, 0.3) is 0 Å². The normalized spacial score (nSPS) is 22.7. The number of anilines is 1. The third-order valence-corrected chi connectivity index (χ3v) is 11.9. The summed E-state index contributed by atoms with van der Waals surface area (Å²) < 4.78 is 16.8. The Kier molecular flexibility index (Phi) is 11.1. The number of ether oxygens (including phenoxy) is 2. The fourth-order valence-electron chi connectivity index (χ4n) is 8.48. The van der Waals surface area contributed by atoms with Gasteiger partial charge in [-0.2, -0.15) is 0 Å². The van der Waals surface area contributed by atoms with E-state index in [-0.39, 0.29) is 35.2 Å². The van der Waals surface area contributed by atoms with Crippen LogP contribution in [0.1, 0.15) is 121 Å². The smallest absolute Gasteiger partial charge is 0.407 e. The number of hydrogen-bond donors (Lipinski definition) is 2. The molecule has 0 spiro atoms. The summed E-state index contributed by atoms with van der Waals surface area (Å²) >= 11 is 0. The molecule has 4 aliphatic carbocycles. The van der Waals surface area contributed by atoms with E-state index in [1.165, 1.54) is 17.5 Å². The van der Waals surface area contributed by atoms with Crippen LogP contribution in [0.15, 0.2) is 47.2 Å². The number of methoxy groups -OCH3 is 1. The van der Waals surface area contributed by atoms with Crippen LogP contribution in [0.3, 0.4) is 0 Å². The monoisotopic (exact) mass is 700 g/mol. The molecule has 3 aromatic rings. The van der Waals surface area contributed by atoms with E-state index in [0.29, 0.717) is 36.9 Å². The highest BCUT2D eigenvalue weighted by atomic mass is 16.5. The molecule has 4 fully saturated rings. The van der Waals surface area contributed by atoms with Gasteiger partial charge in [0.2, 0.25) is 11.8 Å². The van der Waals surface area contributed by atoms with Crippen molar-refractivity contribution in [1.29, 1.82) is 0 Å². The number of rotatable bonds is 13. The first-order valence-electron chi connectivity index (χ1n) is 18.9. The minimum absolute atomic E-state index is 0.0287. The SMILES string of the molecule is COc1ccc(C23CCC(CN(C(=O)C4CCCCC4)c4cc(-c5coc(C(C)COC(=O)NCCC(C)(C)O)n5)ccn4)(CC2)CC3)cc1C. The van der Waals surface area contributed by atoms with Gasteiger partial charge in [-0.1, -0.05) is 38.3 Å². The van der Waals surface area contributed by atoms with Crippen LogP contribution < -0.4 is 15.0 Å². The van der Waals surface area contributed by atoms with E-state index in [1.54, 1.807) is 33.4 Å². The minimum Gasteiger partial charge on any atom is -0.496 e. The van der Waals surface area contributed by atoms with Crippen molar-refractivity contribution < 1.29 is 28.6 Å². The number of pyridine rings is 1. The zero-order valence-corrected chi connectivity index (χ0v) is 31.1. The van der Waals surface area contributed by atoms with Crippen LogP contribution in [0.2, 0.25) is 0 Å². The van der Waals surface area contributed by atoms with Crippen molar-refractivity contribution in [2.75, 3.05) is 31.7 Å². The summed E-state index contributed by atoms with van der Waals surface area (Å²) in [5.74, 6) is 2.04. The Morgan fingerprint density at radius 2 is 1.80 bits per heavy atom. The highest BCUT2D eigenvalue weighted by Crippen LogP contribution is 2.58. The van der Waals surface area contributed by atoms with Gasteiger partial charge in [-0.15, -0.1) is 0 Å². The van der Waals surface area contributed by atoms with Gasteiger partial charge < -0.3 is 24.3 Å². The van der Waals surface area contributed by atoms with Gasteiger partial charge in [0.15, 0.2) is 0 Å². The number of benzene rings is 1. The fraction of sp³-hybridized carbons (Fsp3) is 0.610. The van der Waals surface area contributed by atoms with Crippen LogP contribution in [0, 0.1) is 18.3 Å². The Hall–Kier alpha value is -3.92. The molecule has 2 heterocycles. The van der Waals surface area contributed by atoms with Crippen molar-refractivity contribution in [2.24, 2.45) is 11.3 Å². The van der Waals surface area contributed by atoms with Crippen molar-refractivity contribution in [3.8, 4) is 17.0 Å². The number of aryl methyl sites for hydroxylation is 1. The predicted octanol–water partition coefficient (Wildman–Crippen LogP) is 8.25. The number of hydrogen-bond acceptors (Lipinski definition) is 8. The number of alkyl carbamates (subject to hydrolysis) is 1. The quantitative estimate of drug-likeness (QED) is 0.183. The van der Waals surface area contributed by atoms with E-state index >= 15 is 0 Å². The first kappa shape index (κ1) is 36.9. The van der Waals surface area contributed by atoms with E-state index in [0.717, 1.165) is 75.5 Å². The van der Waals surface area contributed by atoms with E-state index < -0.39 is 11.7 Å². The lowest BCUT2D eigenvalue weighted by molar-refractivity contribution is -0.124. The molecule has 0 aliphatic heterocycles. The van der Waals surface area contributed by atoms with E-state index in [9.17, 15) is 14.7 Å². The summed E-state index contributed by atoms with van der Waals surface area (Å²) in [5, 5.41) is 12.5. The largest absolute Gasteiger partial charge is 0.496 e. The van der Waals surface area contributed by atoms with Gasteiger partial charge in [0, 0.05) is 30.8 Å². The van der Waals surface area contributed by atoms with Crippen molar-refractivity contribution in [3.05, 3.63) is 59.8 Å². The minimum atomic E-state index is -0.863. The molecule has 2 aromatic heterocycles. The second-order valence-electron chi connectivity index (χ2n) is 16.2. The molecule has 10 heteroatoms. The number of nitrogens with one attached hydrogen (secondary N) is 1. The summed E-state index contributed by atoms with van der Waals surface area (Å²) in [6.07, 6.45) is 15.2. The Labute approximate surface area is 302 Å². The van der Waals surface area contributed by atoms with E-state index in [4.69, 9.17) is 23.9 Å². The molecule has 1 unspecified atom stereocenters. The summed E-state index contributed by atoms with van der Waals surface area (Å²) in [6.45, 7) is 8.51. The molecule has 276 valence electrons. The topological polar surface area (TPSA) is 127 Å². The average molecular weight is 701 g/mol. The first-order chi connectivity index (χ1) is 24.4. The number of carbonyl (C=O) groups excluding carboxylic acids is 2. The standard InChI is InChI=1S/C41H56N4O6/c1-28-23-32(11-12-34(28)49-5)41-17-14-40(15-18-41,16-19-41)27-45(37(46)30-9-7-6-8-10-30)35-24-31(13-21-42-35)33-26-50-36(44-33)29(2)25-51-38(47)43-22-20-39(3,4)48/h11-13,21,23-24,26,29-30,48H,6-10,14-20,22,25,27H2,1-5H3,(H,43,47). The fourth-order valence-corrected chi connectivity index (χ4v) is 8.48. The summed E-state index contributed by atoms with van der Waals surface area (Å²) in [7, 11) is 1.73. The zero-order chi connectivity index (χ0) is 36.2. The molecular weight excluding hydrogens is 644 g/mol. The number of aromatic nitrogens is 2. The maximum absolute atomic E-state index is 14.4. The molecule has 10 nitrogen and oxygen atoms in total. The molecule has 2 N–H and O–H groups in total. The molecule has 0 saturated heterocycles. The highest BCUT2D eigenvalue weighted by Gasteiger charge is 2.50. The maximum atomic E-state index is 14.4. The lowest BCUT2D eigenvalue weighted by Crippen LogP contribution is -2.51. The second kappa shape index (κ2) is 15.4.